The van der Waals surface area contributed by atoms with Crippen molar-refractivity contribution in [1.82, 2.24) is 9.78 Å². The molecular weight excluding hydrogens is 476 g/mol. The van der Waals surface area contributed by atoms with Crippen molar-refractivity contribution < 1.29 is 17.9 Å². The van der Waals surface area contributed by atoms with E-state index < -0.39 is 10.0 Å². The van der Waals surface area contributed by atoms with Crippen molar-refractivity contribution in [1.29, 1.82) is 0 Å². The number of amides is 1. The summed E-state index contributed by atoms with van der Waals surface area (Å²) in [7, 11) is -2.61. The molecule has 0 aliphatic rings. The number of hydrogen-bond acceptors (Lipinski definition) is 5. The Hall–Kier alpha value is -4.11. The molecule has 1 heterocycles. The second-order valence-corrected chi connectivity index (χ2v) is 10.2. The van der Waals surface area contributed by atoms with Crippen molar-refractivity contribution in [2.45, 2.75) is 32.6 Å². The molecule has 0 aliphatic carbocycles. The van der Waals surface area contributed by atoms with Crippen LogP contribution in [0.15, 0.2) is 71.6 Å². The number of carbonyl (C=O) groups is 1. The number of rotatable bonds is 7. The lowest BCUT2D eigenvalue weighted by Crippen LogP contribution is -2.17. The monoisotopic (exact) mass is 504 g/mol. The van der Waals surface area contributed by atoms with Crippen LogP contribution in [0.5, 0.6) is 5.75 Å². The van der Waals surface area contributed by atoms with Gasteiger partial charge in [0.25, 0.3) is 15.9 Å². The highest BCUT2D eigenvalue weighted by Gasteiger charge is 2.22. The summed E-state index contributed by atoms with van der Waals surface area (Å²) in [6, 6.07) is 19.1. The lowest BCUT2D eigenvalue weighted by Gasteiger charge is -2.16. The first kappa shape index (κ1) is 25.0. The van der Waals surface area contributed by atoms with Crippen molar-refractivity contribution in [3.8, 4) is 11.4 Å². The zero-order valence-corrected chi connectivity index (χ0v) is 21.6. The summed E-state index contributed by atoms with van der Waals surface area (Å²) in [6.07, 6.45) is 0. The van der Waals surface area contributed by atoms with Crippen molar-refractivity contribution in [3.05, 3.63) is 94.8 Å². The molecule has 0 atom stereocenters. The molecule has 0 fully saturated rings. The first-order chi connectivity index (χ1) is 17.1. The first-order valence-corrected chi connectivity index (χ1v) is 12.8. The molecule has 1 amide bonds. The Bertz CT molecular complexity index is 1540. The average molecular weight is 505 g/mol. The smallest absolute Gasteiger partial charge is 0.265 e. The summed E-state index contributed by atoms with van der Waals surface area (Å²) >= 11 is 0. The molecule has 0 unspecified atom stereocenters. The van der Waals surface area contributed by atoms with E-state index in [1.807, 2.05) is 58.0 Å². The fraction of sp³-hybridized carbons (Fsp3) is 0.185. The van der Waals surface area contributed by atoms with Gasteiger partial charge in [0.1, 0.15) is 10.6 Å². The number of para-hydroxylation sites is 1. The number of methoxy groups -OCH3 is 1. The molecule has 0 saturated carbocycles. The molecule has 4 rings (SSSR count). The number of hydrogen-bond donors (Lipinski definition) is 2. The zero-order chi connectivity index (χ0) is 26.0. The van der Waals surface area contributed by atoms with E-state index in [-0.39, 0.29) is 16.6 Å². The predicted molar refractivity (Wildman–Crippen MR) is 141 cm³/mol. The lowest BCUT2D eigenvalue weighted by molar-refractivity contribution is 0.102. The van der Waals surface area contributed by atoms with Gasteiger partial charge >= 0.3 is 0 Å². The second kappa shape index (κ2) is 9.87. The minimum absolute atomic E-state index is 0.0816. The number of sulfonamides is 1. The Morgan fingerprint density at radius 1 is 0.917 bits per heavy atom. The van der Waals surface area contributed by atoms with E-state index in [9.17, 15) is 13.2 Å². The maximum Gasteiger partial charge on any atom is 0.265 e. The molecule has 2 N–H and O–H groups in total. The van der Waals surface area contributed by atoms with Crippen LogP contribution in [-0.4, -0.2) is 31.2 Å². The van der Waals surface area contributed by atoms with Crippen LogP contribution >= 0.6 is 0 Å². The van der Waals surface area contributed by atoms with E-state index in [1.54, 1.807) is 28.9 Å². The summed E-state index contributed by atoms with van der Waals surface area (Å²) < 4.78 is 36.4. The molecule has 0 spiro atoms. The molecule has 186 valence electrons. The number of carbonyl (C=O) groups excluding carboxylic acids is 1. The number of nitrogens with one attached hydrogen (secondary N) is 2. The van der Waals surface area contributed by atoms with Gasteiger partial charge in [-0.1, -0.05) is 24.3 Å². The van der Waals surface area contributed by atoms with Crippen LogP contribution in [0.1, 0.15) is 32.9 Å². The maximum atomic E-state index is 13.3. The van der Waals surface area contributed by atoms with Gasteiger partial charge in [-0.25, -0.2) is 13.1 Å². The Morgan fingerprint density at radius 2 is 1.61 bits per heavy atom. The lowest BCUT2D eigenvalue weighted by atomic mass is 10.1. The minimum atomic E-state index is -4.01. The fourth-order valence-corrected chi connectivity index (χ4v) is 5.40. The third kappa shape index (κ3) is 5.11. The van der Waals surface area contributed by atoms with Gasteiger partial charge in [0.2, 0.25) is 0 Å². The molecule has 1 aromatic heterocycles. The van der Waals surface area contributed by atoms with Crippen LogP contribution in [0.25, 0.3) is 5.69 Å². The van der Waals surface area contributed by atoms with Crippen molar-refractivity contribution >= 4 is 27.3 Å². The maximum absolute atomic E-state index is 13.3. The van der Waals surface area contributed by atoms with E-state index >= 15 is 0 Å². The topological polar surface area (TPSA) is 102 Å². The summed E-state index contributed by atoms with van der Waals surface area (Å²) in [5.41, 5.74) is 5.41. The molecule has 36 heavy (non-hydrogen) atoms. The van der Waals surface area contributed by atoms with E-state index in [0.717, 1.165) is 28.2 Å². The van der Waals surface area contributed by atoms with E-state index in [2.05, 4.69) is 15.1 Å². The number of aryl methyl sites for hydroxylation is 4. The van der Waals surface area contributed by atoms with Crippen molar-refractivity contribution in [3.63, 3.8) is 0 Å². The van der Waals surface area contributed by atoms with Gasteiger partial charge < -0.3 is 10.1 Å². The summed E-state index contributed by atoms with van der Waals surface area (Å²) in [6.45, 7) is 7.51. The molecule has 8 nitrogen and oxygen atoms in total. The van der Waals surface area contributed by atoms with Crippen molar-refractivity contribution in [2.24, 2.45) is 0 Å². The van der Waals surface area contributed by atoms with Gasteiger partial charge in [-0.3, -0.25) is 9.52 Å². The fourth-order valence-electron chi connectivity index (χ4n) is 4.00. The third-order valence-electron chi connectivity index (χ3n) is 5.79. The van der Waals surface area contributed by atoms with Gasteiger partial charge in [0.05, 0.1) is 24.2 Å². The summed E-state index contributed by atoms with van der Waals surface area (Å²) in [5, 5.41) is 7.26. The first-order valence-electron chi connectivity index (χ1n) is 11.3. The average Bonchev–Trinajstić information content (AvgIpc) is 3.19. The van der Waals surface area contributed by atoms with Crippen LogP contribution in [-0.2, 0) is 10.0 Å². The molecule has 0 radical (unpaired) electrons. The second-order valence-electron chi connectivity index (χ2n) is 8.58. The number of anilines is 2. The molecule has 4 aromatic rings. The van der Waals surface area contributed by atoms with Gasteiger partial charge in [-0.05, 0) is 81.3 Å². The Morgan fingerprint density at radius 3 is 2.25 bits per heavy atom. The van der Waals surface area contributed by atoms with Gasteiger partial charge in [0, 0.05) is 16.9 Å². The Labute approximate surface area is 211 Å². The molecule has 0 bridgehead atoms. The summed E-state index contributed by atoms with van der Waals surface area (Å²) in [4.78, 5) is 13.0. The van der Waals surface area contributed by atoms with Crippen LogP contribution in [0.2, 0.25) is 0 Å². The molecule has 9 heteroatoms. The minimum Gasteiger partial charge on any atom is -0.495 e. The van der Waals surface area contributed by atoms with Crippen LogP contribution in [0, 0.1) is 27.7 Å². The van der Waals surface area contributed by atoms with E-state index in [0.29, 0.717) is 16.9 Å². The van der Waals surface area contributed by atoms with Crippen LogP contribution in [0.3, 0.4) is 0 Å². The normalized spacial score (nSPS) is 11.2. The molecule has 3 aromatic carbocycles. The number of aromatic nitrogens is 2. The number of ether oxygens (including phenoxy) is 1. The Balaban J connectivity index is 1.63. The van der Waals surface area contributed by atoms with E-state index in [4.69, 9.17) is 4.74 Å². The largest absolute Gasteiger partial charge is 0.495 e. The highest BCUT2D eigenvalue weighted by molar-refractivity contribution is 7.92. The predicted octanol–water partition coefficient (Wildman–Crippen LogP) is 5.17. The van der Waals surface area contributed by atoms with Crippen molar-refractivity contribution in [2.75, 3.05) is 17.1 Å². The molecular formula is C27H28N4O4S. The third-order valence-corrected chi connectivity index (χ3v) is 7.16. The summed E-state index contributed by atoms with van der Waals surface area (Å²) in [5.74, 6) is -0.215. The highest BCUT2D eigenvalue weighted by Crippen LogP contribution is 2.31. The number of nitrogens with zero attached hydrogens (tertiary/aromatic N) is 2. The van der Waals surface area contributed by atoms with Gasteiger partial charge in [-0.2, -0.15) is 5.10 Å². The zero-order valence-electron chi connectivity index (χ0n) is 20.8. The van der Waals surface area contributed by atoms with Gasteiger partial charge in [0.15, 0.2) is 0 Å². The number of benzene rings is 3. The quantitative estimate of drug-likeness (QED) is 0.362. The molecule has 0 aliphatic heterocycles. The Kier molecular flexibility index (Phi) is 6.85. The van der Waals surface area contributed by atoms with E-state index in [1.165, 1.54) is 19.2 Å². The van der Waals surface area contributed by atoms with Crippen LogP contribution < -0.4 is 14.8 Å². The van der Waals surface area contributed by atoms with Crippen LogP contribution in [0.4, 0.5) is 11.4 Å². The molecule has 0 saturated heterocycles. The standard InChI is InChI=1S/C27H28N4O4S/c1-17-8-6-9-18(2)26(17)30-36(33,34)25-16-22(12-13-24(25)35-5)28-27(32)21-10-7-11-23(15-21)31-20(4)14-19(3)29-31/h6-16,30H,1-5H3,(H,28,32). The highest BCUT2D eigenvalue weighted by atomic mass is 32.2. The van der Waals surface area contributed by atoms with Gasteiger partial charge in [-0.15, -0.1) is 0 Å². The SMILES string of the molecule is COc1ccc(NC(=O)c2cccc(-n3nc(C)cc3C)c2)cc1S(=O)(=O)Nc1c(C)cccc1C.